The number of nitrogens with one attached hydrogen (secondary N) is 2. The highest BCUT2D eigenvalue weighted by Gasteiger charge is 2.54. The molecule has 33 heavy (non-hydrogen) atoms. The first-order valence-corrected chi connectivity index (χ1v) is 10.1. The van der Waals surface area contributed by atoms with Crippen molar-refractivity contribution in [2.45, 2.75) is 43.9 Å². The van der Waals surface area contributed by atoms with Crippen LogP contribution in [0.2, 0.25) is 0 Å². The summed E-state index contributed by atoms with van der Waals surface area (Å²) in [4.78, 5) is 26.4. The Kier molecular flexibility index (Phi) is 6.76. The van der Waals surface area contributed by atoms with Gasteiger partial charge in [0, 0.05) is 12.5 Å². The number of hydrogen-bond donors (Lipinski definition) is 3. The molecule has 0 saturated heterocycles. The first kappa shape index (κ1) is 24.2. The maximum absolute atomic E-state index is 14.2. The van der Waals surface area contributed by atoms with Crippen molar-refractivity contribution in [1.29, 1.82) is 0 Å². The van der Waals surface area contributed by atoms with Gasteiger partial charge in [-0.1, -0.05) is 36.4 Å². The number of halogens is 4. The molecule has 0 radical (unpaired) electrons. The molecule has 1 amide bonds. The molecule has 6 nitrogen and oxygen atoms in total. The first-order chi connectivity index (χ1) is 15.5. The molecule has 0 unspecified atom stereocenters. The van der Waals surface area contributed by atoms with E-state index in [-0.39, 0.29) is 11.5 Å². The van der Waals surface area contributed by atoms with Gasteiger partial charge in [-0.2, -0.15) is 13.2 Å². The van der Waals surface area contributed by atoms with E-state index in [1.165, 1.54) is 6.07 Å². The molecule has 2 aromatic carbocycles. The number of aliphatic hydroxyl groups excluding tert-OH is 1. The summed E-state index contributed by atoms with van der Waals surface area (Å²) in [7, 11) is 1.16. The second-order valence-corrected chi connectivity index (χ2v) is 7.91. The van der Waals surface area contributed by atoms with E-state index in [9.17, 15) is 32.3 Å². The topological polar surface area (TPSA) is 89.6 Å². The SMILES string of the molecule is COC(=O)c1c(F)cccc1-c1ccc([C@@H](C)[NH+]=C(O)C2(NC(=O)CC(F)(F)F)CC2)cc1. The second-order valence-electron chi connectivity index (χ2n) is 7.91. The fourth-order valence-corrected chi connectivity index (χ4v) is 3.49. The number of amides is 1. The smallest absolute Gasteiger partial charge is 0.397 e. The Balaban J connectivity index is 1.77. The molecule has 2 aromatic rings. The number of benzene rings is 2. The van der Waals surface area contributed by atoms with Crippen molar-refractivity contribution in [1.82, 2.24) is 5.32 Å². The van der Waals surface area contributed by atoms with Crippen LogP contribution >= 0.6 is 0 Å². The van der Waals surface area contributed by atoms with E-state index in [0.29, 0.717) is 29.5 Å². The molecule has 3 rings (SSSR count). The monoisotopic (exact) mass is 467 g/mol. The molecular formula is C23H23F4N2O4+. The van der Waals surface area contributed by atoms with Crippen molar-refractivity contribution < 1.29 is 42.0 Å². The third-order valence-electron chi connectivity index (χ3n) is 5.42. The highest BCUT2D eigenvalue weighted by molar-refractivity contribution is 5.97. The van der Waals surface area contributed by atoms with Crippen LogP contribution in [0.3, 0.4) is 0 Å². The van der Waals surface area contributed by atoms with E-state index in [2.05, 4.69) is 15.0 Å². The minimum absolute atomic E-state index is 0.185. The Labute approximate surface area is 187 Å². The van der Waals surface area contributed by atoms with Crippen molar-refractivity contribution in [2.75, 3.05) is 7.11 Å². The van der Waals surface area contributed by atoms with Gasteiger partial charge >= 0.3 is 18.0 Å². The van der Waals surface area contributed by atoms with Gasteiger partial charge in [0.2, 0.25) is 5.91 Å². The van der Waals surface area contributed by atoms with Crippen LogP contribution in [0.1, 0.15) is 48.1 Å². The lowest BCUT2D eigenvalue weighted by Gasteiger charge is -2.14. The summed E-state index contributed by atoms with van der Waals surface area (Å²) in [6.45, 7) is 1.72. The standard InChI is InChI=1S/C23H22F4N2O4/c1-13(28-21(32)22(10-11-22)29-18(30)12-23(25,26)27)14-6-8-15(9-7-14)16-4-3-5-17(24)19(16)20(31)33-2/h3-9,13H,10-12H2,1-2H3,(H,28,32)(H,29,30)/p+1/t13-/m1/s1. The number of hydrogen-bond acceptors (Lipinski definition) is 3. The predicted octanol–water partition coefficient (Wildman–Crippen LogP) is 2.98. The lowest BCUT2D eigenvalue weighted by molar-refractivity contribution is -0.515. The highest BCUT2D eigenvalue weighted by Crippen LogP contribution is 2.35. The van der Waals surface area contributed by atoms with E-state index in [0.717, 1.165) is 13.2 Å². The Morgan fingerprint density at radius 3 is 2.36 bits per heavy atom. The number of aliphatic hydroxyl groups is 1. The van der Waals surface area contributed by atoms with Crippen molar-refractivity contribution in [3.63, 3.8) is 0 Å². The normalized spacial score (nSPS) is 16.1. The zero-order valence-electron chi connectivity index (χ0n) is 17.9. The average Bonchev–Trinajstić information content (AvgIpc) is 3.52. The molecule has 10 heteroatoms. The molecule has 3 N–H and O–H groups in total. The summed E-state index contributed by atoms with van der Waals surface area (Å²) in [5.74, 6) is -3.03. The Morgan fingerprint density at radius 2 is 1.82 bits per heavy atom. The van der Waals surface area contributed by atoms with Gasteiger partial charge in [-0.25, -0.2) is 14.2 Å². The molecule has 1 aliphatic carbocycles. The number of rotatable bonds is 7. The highest BCUT2D eigenvalue weighted by atomic mass is 19.4. The van der Waals surface area contributed by atoms with Crippen molar-refractivity contribution in [3.8, 4) is 11.1 Å². The number of alkyl halides is 3. The van der Waals surface area contributed by atoms with Crippen LogP contribution < -0.4 is 10.3 Å². The number of carbonyl (C=O) groups excluding carboxylic acids is 2. The largest absolute Gasteiger partial charge is 0.465 e. The van der Waals surface area contributed by atoms with Gasteiger partial charge in [0.1, 0.15) is 17.8 Å². The summed E-state index contributed by atoms with van der Waals surface area (Å²) in [5, 5.41) is 12.7. The molecule has 1 aliphatic rings. The summed E-state index contributed by atoms with van der Waals surface area (Å²) < 4.78 is 56.1. The van der Waals surface area contributed by atoms with Crippen molar-refractivity contribution in [3.05, 3.63) is 59.4 Å². The minimum atomic E-state index is -4.63. The van der Waals surface area contributed by atoms with E-state index in [1.54, 1.807) is 37.3 Å². The minimum Gasteiger partial charge on any atom is -0.465 e. The van der Waals surface area contributed by atoms with Crippen LogP contribution in [0.25, 0.3) is 11.1 Å². The summed E-state index contributed by atoms with van der Waals surface area (Å²) in [6.07, 6.45) is -5.62. The van der Waals surface area contributed by atoms with Crippen LogP contribution in [-0.4, -0.2) is 41.7 Å². The molecule has 176 valence electrons. The van der Waals surface area contributed by atoms with Crippen molar-refractivity contribution in [2.24, 2.45) is 0 Å². The number of carbonyl (C=O) groups is 2. The van der Waals surface area contributed by atoms with Gasteiger partial charge < -0.3 is 15.2 Å². The van der Waals surface area contributed by atoms with Crippen LogP contribution in [0.5, 0.6) is 0 Å². The quantitative estimate of drug-likeness (QED) is 0.253. The van der Waals surface area contributed by atoms with Crippen LogP contribution in [0.4, 0.5) is 17.6 Å². The Morgan fingerprint density at radius 1 is 1.18 bits per heavy atom. The molecule has 1 saturated carbocycles. The molecule has 0 spiro atoms. The summed E-state index contributed by atoms with van der Waals surface area (Å²) in [6, 6.07) is 10.5. The first-order valence-electron chi connectivity index (χ1n) is 10.1. The zero-order valence-corrected chi connectivity index (χ0v) is 17.9. The molecule has 1 atom stereocenters. The predicted molar refractivity (Wildman–Crippen MR) is 111 cm³/mol. The van der Waals surface area contributed by atoms with E-state index < -0.39 is 41.9 Å². The number of esters is 1. The fraction of sp³-hybridized carbons (Fsp3) is 0.348. The zero-order chi connectivity index (χ0) is 24.4. The molecule has 1 fully saturated rings. The number of methoxy groups -OCH3 is 1. The fourth-order valence-electron chi connectivity index (χ4n) is 3.49. The second kappa shape index (κ2) is 9.21. The van der Waals surface area contributed by atoms with Gasteiger partial charge in [-0.15, -0.1) is 0 Å². The molecular weight excluding hydrogens is 444 g/mol. The van der Waals surface area contributed by atoms with Crippen LogP contribution in [0.15, 0.2) is 42.5 Å². The van der Waals surface area contributed by atoms with E-state index >= 15 is 0 Å². The molecule has 0 aromatic heterocycles. The van der Waals surface area contributed by atoms with Gasteiger partial charge in [0.25, 0.3) is 0 Å². The van der Waals surface area contributed by atoms with E-state index in [4.69, 9.17) is 0 Å². The van der Waals surface area contributed by atoms with Crippen molar-refractivity contribution >= 4 is 17.8 Å². The third kappa shape index (κ3) is 5.68. The average molecular weight is 467 g/mol. The summed E-state index contributed by atoms with van der Waals surface area (Å²) >= 11 is 0. The Hall–Kier alpha value is -3.43. The maximum atomic E-state index is 14.2. The van der Waals surface area contributed by atoms with Crippen LogP contribution in [0, 0.1) is 5.82 Å². The maximum Gasteiger partial charge on any atom is 0.397 e. The van der Waals surface area contributed by atoms with Crippen LogP contribution in [-0.2, 0) is 9.53 Å². The Bertz CT molecular complexity index is 1080. The van der Waals surface area contributed by atoms with Gasteiger partial charge in [-0.05, 0) is 30.0 Å². The van der Waals surface area contributed by atoms with Gasteiger partial charge in [-0.3, -0.25) is 4.79 Å². The van der Waals surface area contributed by atoms with Gasteiger partial charge in [0.05, 0.1) is 7.11 Å². The lowest BCUT2D eigenvalue weighted by atomic mass is 9.97. The molecule has 0 aliphatic heterocycles. The third-order valence-corrected chi connectivity index (χ3v) is 5.42. The van der Waals surface area contributed by atoms with E-state index in [1.807, 2.05) is 0 Å². The van der Waals surface area contributed by atoms with Gasteiger partial charge in [0.15, 0.2) is 11.6 Å². The lowest BCUT2D eigenvalue weighted by Crippen LogP contribution is -2.78. The molecule has 0 heterocycles. The number of ether oxygens (including phenoxy) is 1. The molecule has 0 bridgehead atoms. The summed E-state index contributed by atoms with van der Waals surface area (Å²) in [5.41, 5.74) is 0.229.